The minimum Gasteiger partial charge on any atom is -0.369 e. The van der Waals surface area contributed by atoms with Gasteiger partial charge in [-0.3, -0.25) is 0 Å². The van der Waals surface area contributed by atoms with Crippen LogP contribution in [-0.4, -0.2) is 48.1 Å². The van der Waals surface area contributed by atoms with E-state index < -0.39 is 34.6 Å². The van der Waals surface area contributed by atoms with Crippen LogP contribution in [0.3, 0.4) is 0 Å². The van der Waals surface area contributed by atoms with E-state index in [1.807, 2.05) is 0 Å². The zero-order valence-corrected chi connectivity index (χ0v) is 14.1. The van der Waals surface area contributed by atoms with Gasteiger partial charge in [0.1, 0.15) is 11.9 Å². The molecule has 0 unspecified atom stereocenters. The zero-order valence-electron chi connectivity index (χ0n) is 13.3. The molecule has 0 saturated carbocycles. The molecule has 2 rings (SSSR count). The number of halogens is 7. The molecule has 0 radical (unpaired) electrons. The van der Waals surface area contributed by atoms with Crippen LogP contribution in [0.5, 0.6) is 0 Å². The molecule has 2 N–H and O–H groups in total. The number of aromatic nitrogens is 1. The van der Waals surface area contributed by atoms with Crippen molar-refractivity contribution in [1.29, 1.82) is 0 Å². The van der Waals surface area contributed by atoms with Gasteiger partial charge in [0.15, 0.2) is 0 Å². The number of alkyl halides is 6. The smallest absolute Gasteiger partial charge is 0.369 e. The lowest BCUT2D eigenvalue weighted by molar-refractivity contribution is -0.376. The van der Waals surface area contributed by atoms with E-state index >= 15 is 0 Å². The number of nitrogens with one attached hydrogen (secondary N) is 1. The summed E-state index contributed by atoms with van der Waals surface area (Å²) >= 11 is 5.92. The predicted molar refractivity (Wildman–Crippen MR) is 82.7 cm³/mol. The van der Waals surface area contributed by atoms with Crippen molar-refractivity contribution in [2.45, 2.75) is 30.9 Å². The van der Waals surface area contributed by atoms with Gasteiger partial charge in [-0.1, -0.05) is 17.5 Å². The fraction of sp³-hybridized carbons (Fsp3) is 0.533. The molecule has 2 heterocycles. The number of aliphatic hydroxyl groups is 1. The summed E-state index contributed by atoms with van der Waals surface area (Å²) in [4.78, 5) is 5.25. The summed E-state index contributed by atoms with van der Waals surface area (Å²) in [5.74, 6) is 5.55. The molecule has 1 atom stereocenters. The van der Waals surface area contributed by atoms with Crippen LogP contribution in [0.15, 0.2) is 12.3 Å². The van der Waals surface area contributed by atoms with Crippen molar-refractivity contribution in [1.82, 2.24) is 10.3 Å². The SMILES string of the molecule is CC#C[C@H]1CNCCN1c1ncc(C(O)(C(F)(F)F)C(F)(F)F)cc1Cl. The van der Waals surface area contributed by atoms with Crippen molar-refractivity contribution in [3.8, 4) is 11.8 Å². The first-order chi connectivity index (χ1) is 11.9. The van der Waals surface area contributed by atoms with Crippen molar-refractivity contribution in [2.24, 2.45) is 0 Å². The quantitative estimate of drug-likeness (QED) is 0.591. The summed E-state index contributed by atoms with van der Waals surface area (Å²) in [6, 6.07) is 0.0392. The summed E-state index contributed by atoms with van der Waals surface area (Å²) in [6.07, 6.45) is -11.7. The van der Waals surface area contributed by atoms with Crippen LogP contribution in [-0.2, 0) is 5.60 Å². The molecule has 1 aliphatic rings. The largest absolute Gasteiger partial charge is 0.430 e. The summed E-state index contributed by atoms with van der Waals surface area (Å²) in [5, 5.41) is 12.0. The van der Waals surface area contributed by atoms with Gasteiger partial charge in [0.2, 0.25) is 0 Å². The fourth-order valence-electron chi connectivity index (χ4n) is 2.58. The van der Waals surface area contributed by atoms with E-state index in [1.54, 1.807) is 11.8 Å². The summed E-state index contributed by atoms with van der Waals surface area (Å²) in [5.41, 5.74) is -6.57. The standard InChI is InChI=1S/C15H14ClF6N3O/c1-2-3-10-8-23-4-5-25(10)12-11(16)6-9(7-24-12)13(26,14(17,18)19)15(20,21)22/h6-7,10,23,26H,4-5,8H2,1H3/t10-/m0/s1. The molecule has 1 aromatic heterocycles. The molecule has 0 bridgehead atoms. The number of hydrogen-bond acceptors (Lipinski definition) is 4. The minimum atomic E-state index is -6.00. The van der Waals surface area contributed by atoms with Crippen LogP contribution in [0.25, 0.3) is 0 Å². The molecule has 1 fully saturated rings. The maximum atomic E-state index is 13.0. The number of hydrogen-bond donors (Lipinski definition) is 2. The Hall–Kier alpha value is -1.70. The Bertz CT molecular complexity index is 711. The lowest BCUT2D eigenvalue weighted by atomic mass is 9.93. The van der Waals surface area contributed by atoms with Gasteiger partial charge in [-0.05, 0) is 13.0 Å². The van der Waals surface area contributed by atoms with Crippen molar-refractivity contribution >= 4 is 17.4 Å². The number of piperazine rings is 1. The Balaban J connectivity index is 2.50. The third-order valence-electron chi connectivity index (χ3n) is 3.89. The third-order valence-corrected chi connectivity index (χ3v) is 4.16. The monoisotopic (exact) mass is 401 g/mol. The van der Waals surface area contributed by atoms with Gasteiger partial charge < -0.3 is 15.3 Å². The molecule has 1 aliphatic heterocycles. The lowest BCUT2D eigenvalue weighted by Gasteiger charge is -2.36. The van der Waals surface area contributed by atoms with E-state index in [2.05, 4.69) is 22.1 Å². The number of anilines is 1. The van der Waals surface area contributed by atoms with Crippen LogP contribution in [0, 0.1) is 11.8 Å². The summed E-state index contributed by atoms with van der Waals surface area (Å²) in [7, 11) is 0. The van der Waals surface area contributed by atoms with Crippen LogP contribution >= 0.6 is 11.6 Å². The van der Waals surface area contributed by atoms with Crippen molar-refractivity contribution in [3.63, 3.8) is 0 Å². The highest BCUT2D eigenvalue weighted by Crippen LogP contribution is 2.50. The average molecular weight is 402 g/mol. The second kappa shape index (κ2) is 7.13. The van der Waals surface area contributed by atoms with Crippen LogP contribution in [0.2, 0.25) is 5.02 Å². The number of rotatable bonds is 2. The highest BCUT2D eigenvalue weighted by atomic mass is 35.5. The molecule has 0 spiro atoms. The number of pyridine rings is 1. The highest BCUT2D eigenvalue weighted by molar-refractivity contribution is 6.33. The topological polar surface area (TPSA) is 48.4 Å². The predicted octanol–water partition coefficient (Wildman–Crippen LogP) is 2.85. The van der Waals surface area contributed by atoms with Gasteiger partial charge in [0, 0.05) is 31.4 Å². The van der Waals surface area contributed by atoms with Gasteiger partial charge in [0.25, 0.3) is 5.60 Å². The van der Waals surface area contributed by atoms with Crippen LogP contribution in [0.4, 0.5) is 32.2 Å². The lowest BCUT2D eigenvalue weighted by Crippen LogP contribution is -2.54. The highest BCUT2D eigenvalue weighted by Gasteiger charge is 2.71. The van der Waals surface area contributed by atoms with Gasteiger partial charge >= 0.3 is 12.4 Å². The van der Waals surface area contributed by atoms with Crippen LogP contribution < -0.4 is 10.2 Å². The van der Waals surface area contributed by atoms with Gasteiger partial charge in [-0.25, -0.2) is 4.98 Å². The van der Waals surface area contributed by atoms with Gasteiger partial charge in [-0.2, -0.15) is 26.3 Å². The van der Waals surface area contributed by atoms with Crippen molar-refractivity contribution < 1.29 is 31.4 Å². The summed E-state index contributed by atoms with van der Waals surface area (Å²) < 4.78 is 77.7. The molecule has 26 heavy (non-hydrogen) atoms. The first kappa shape index (κ1) is 20.6. The van der Waals surface area contributed by atoms with Crippen molar-refractivity contribution in [3.05, 3.63) is 22.8 Å². The Morgan fingerprint density at radius 2 is 1.88 bits per heavy atom. The molecular weight excluding hydrogens is 388 g/mol. The van der Waals surface area contributed by atoms with E-state index in [0.717, 1.165) is 0 Å². The Kier molecular flexibility index (Phi) is 5.66. The third kappa shape index (κ3) is 3.56. The van der Waals surface area contributed by atoms with E-state index in [0.29, 0.717) is 31.9 Å². The maximum Gasteiger partial charge on any atom is 0.430 e. The Labute approximate surface area is 150 Å². The minimum absolute atomic E-state index is 0.00337. The van der Waals surface area contributed by atoms with Crippen LogP contribution in [0.1, 0.15) is 12.5 Å². The second-order valence-corrected chi connectivity index (χ2v) is 5.95. The fourth-order valence-corrected chi connectivity index (χ4v) is 2.86. The first-order valence-electron chi connectivity index (χ1n) is 7.35. The van der Waals surface area contributed by atoms with E-state index in [4.69, 9.17) is 11.6 Å². The Morgan fingerprint density at radius 1 is 1.27 bits per heavy atom. The van der Waals surface area contributed by atoms with E-state index in [-0.39, 0.29) is 5.82 Å². The second-order valence-electron chi connectivity index (χ2n) is 5.54. The number of nitrogens with zero attached hydrogens (tertiary/aromatic N) is 2. The molecule has 11 heteroatoms. The van der Waals surface area contributed by atoms with E-state index in [9.17, 15) is 31.4 Å². The zero-order chi connectivity index (χ0) is 19.8. The molecule has 0 amide bonds. The summed E-state index contributed by atoms with van der Waals surface area (Å²) in [6.45, 7) is 2.89. The molecular formula is C15H14ClF6N3O. The first-order valence-corrected chi connectivity index (χ1v) is 7.72. The Morgan fingerprint density at radius 3 is 2.38 bits per heavy atom. The van der Waals surface area contributed by atoms with Gasteiger partial charge in [-0.15, -0.1) is 5.92 Å². The molecule has 4 nitrogen and oxygen atoms in total. The van der Waals surface area contributed by atoms with Crippen molar-refractivity contribution in [2.75, 3.05) is 24.5 Å². The molecule has 144 valence electrons. The maximum absolute atomic E-state index is 13.0. The van der Waals surface area contributed by atoms with Gasteiger partial charge in [0.05, 0.1) is 5.02 Å². The normalized spacial score (nSPS) is 19.1. The van der Waals surface area contributed by atoms with E-state index in [1.165, 1.54) is 0 Å². The molecule has 1 saturated heterocycles. The molecule has 1 aromatic rings. The molecule has 0 aliphatic carbocycles. The average Bonchev–Trinajstić information content (AvgIpc) is 2.53. The molecule has 0 aromatic carbocycles.